The first kappa shape index (κ1) is 26.1. The van der Waals surface area contributed by atoms with Gasteiger partial charge in [0.2, 0.25) is 0 Å². The van der Waals surface area contributed by atoms with Crippen LogP contribution in [-0.2, 0) is 0 Å². The smallest absolute Gasteiger partial charge is 0.343 e. The quantitative estimate of drug-likeness (QED) is 0.199. The second kappa shape index (κ2) is 12.3. The van der Waals surface area contributed by atoms with Crippen LogP contribution in [0.2, 0.25) is 0 Å². The minimum absolute atomic E-state index is 0.0501. The van der Waals surface area contributed by atoms with Crippen molar-refractivity contribution in [3.63, 3.8) is 0 Å². The van der Waals surface area contributed by atoms with Gasteiger partial charge in [-0.1, -0.05) is 36.8 Å². The number of ether oxygens (including phenoxy) is 2. The Morgan fingerprint density at radius 1 is 1.03 bits per heavy atom. The summed E-state index contributed by atoms with van der Waals surface area (Å²) >= 11 is 0. The number of hydrogen-bond acceptors (Lipinski definition) is 3. The molecule has 2 aromatic carbocycles. The predicted octanol–water partition coefficient (Wildman–Crippen LogP) is 8.41. The first-order valence-corrected chi connectivity index (χ1v) is 13.1. The maximum absolute atomic E-state index is 14.3. The van der Waals surface area contributed by atoms with Gasteiger partial charge < -0.3 is 9.47 Å². The minimum Gasteiger partial charge on any atom is -0.483 e. The van der Waals surface area contributed by atoms with Crippen LogP contribution in [0.1, 0.15) is 80.1 Å². The topological polar surface area (TPSA) is 35.5 Å². The van der Waals surface area contributed by atoms with E-state index in [9.17, 15) is 13.6 Å². The first-order valence-electron chi connectivity index (χ1n) is 13.1. The van der Waals surface area contributed by atoms with E-state index in [0.717, 1.165) is 36.3 Å². The molecule has 4 unspecified atom stereocenters. The normalized spacial score (nSPS) is 23.8. The van der Waals surface area contributed by atoms with Crippen LogP contribution in [-0.4, -0.2) is 12.6 Å². The molecule has 2 aromatic rings. The lowest BCUT2D eigenvalue weighted by atomic mass is 9.63. The average molecular weight is 495 g/mol. The second-order valence-electron chi connectivity index (χ2n) is 10.2. The number of fused-ring (bicyclic) bond motifs is 1. The Balaban J connectivity index is 1.33. The number of carbonyl (C=O) groups excluding carboxylic acids is 1. The van der Waals surface area contributed by atoms with Crippen molar-refractivity contribution < 1.29 is 23.0 Å². The highest BCUT2D eigenvalue weighted by Gasteiger charge is 2.35. The highest BCUT2D eigenvalue weighted by atomic mass is 19.1. The molecule has 5 heteroatoms. The Labute approximate surface area is 213 Å². The van der Waals surface area contributed by atoms with Crippen LogP contribution >= 0.6 is 0 Å². The molecular weight excluding hydrogens is 458 g/mol. The van der Waals surface area contributed by atoms with Crippen molar-refractivity contribution in [1.82, 2.24) is 0 Å². The van der Waals surface area contributed by atoms with Crippen molar-refractivity contribution in [3.8, 4) is 11.5 Å². The number of esters is 1. The van der Waals surface area contributed by atoms with E-state index >= 15 is 0 Å². The second-order valence-corrected chi connectivity index (χ2v) is 10.2. The van der Waals surface area contributed by atoms with E-state index in [4.69, 9.17) is 9.47 Å². The van der Waals surface area contributed by atoms with E-state index in [-0.39, 0.29) is 12.4 Å². The Morgan fingerprint density at radius 3 is 2.42 bits per heavy atom. The molecule has 0 aromatic heterocycles. The molecule has 0 amide bonds. The van der Waals surface area contributed by atoms with Crippen molar-refractivity contribution in [2.24, 2.45) is 17.8 Å². The Bertz CT molecular complexity index is 1050. The lowest BCUT2D eigenvalue weighted by molar-refractivity contribution is 0.0733. The third-order valence-corrected chi connectivity index (χ3v) is 7.86. The predicted molar refractivity (Wildman–Crippen MR) is 138 cm³/mol. The molecule has 4 atom stereocenters. The Morgan fingerprint density at radius 2 is 1.72 bits per heavy atom. The molecule has 2 saturated carbocycles. The number of rotatable bonds is 9. The summed E-state index contributed by atoms with van der Waals surface area (Å²) in [6, 6.07) is 9.41. The summed E-state index contributed by atoms with van der Waals surface area (Å²) in [5, 5.41) is 0. The third kappa shape index (κ3) is 6.43. The molecule has 36 heavy (non-hydrogen) atoms. The van der Waals surface area contributed by atoms with Crippen molar-refractivity contribution >= 4 is 5.97 Å². The molecule has 3 nitrogen and oxygen atoms in total. The Hall–Kier alpha value is -2.95. The fraction of sp³-hybridized carbons (Fsp3) is 0.452. The largest absolute Gasteiger partial charge is 0.483 e. The van der Waals surface area contributed by atoms with Crippen LogP contribution in [0.3, 0.4) is 0 Å². The van der Waals surface area contributed by atoms with Gasteiger partial charge in [0.05, 0.1) is 5.56 Å². The van der Waals surface area contributed by atoms with Gasteiger partial charge in [-0.15, -0.1) is 6.58 Å². The zero-order chi connectivity index (χ0) is 25.5. The molecule has 192 valence electrons. The summed E-state index contributed by atoms with van der Waals surface area (Å²) in [6.45, 7) is 5.70. The van der Waals surface area contributed by atoms with E-state index in [1.807, 2.05) is 18.2 Å². The first-order chi connectivity index (χ1) is 17.5. The van der Waals surface area contributed by atoms with Gasteiger partial charge in [-0.2, -0.15) is 0 Å². The SMILES string of the molecule is C=CCCC1CCC2CC(c3ccc(C(=O)Oc4cc(F)c(OC/C=C/C)c(F)c4)cc3)CCC2C1. The standard InChI is InChI=1S/C31H36F2O3/c1-3-5-7-21-8-9-26-18-25(15-14-24(26)17-21)22-10-12-23(13-11-22)31(34)36-27-19-28(32)30(29(33)20-27)35-16-6-4-2/h3-4,6,10-13,19-21,24-26H,1,5,7-9,14-18H2,2H3/b6-4+. The van der Waals surface area contributed by atoms with Crippen LogP contribution in [0, 0.1) is 29.4 Å². The van der Waals surface area contributed by atoms with Gasteiger partial charge in [0.1, 0.15) is 12.4 Å². The van der Waals surface area contributed by atoms with Crippen LogP contribution in [0.4, 0.5) is 8.78 Å². The van der Waals surface area contributed by atoms with Crippen molar-refractivity contribution in [1.29, 1.82) is 0 Å². The molecule has 0 heterocycles. The lowest BCUT2D eigenvalue weighted by Crippen LogP contribution is -2.30. The fourth-order valence-corrected chi connectivity index (χ4v) is 5.92. The molecule has 0 spiro atoms. The summed E-state index contributed by atoms with van der Waals surface area (Å²) in [6.07, 6.45) is 15.5. The highest BCUT2D eigenvalue weighted by Crippen LogP contribution is 2.48. The van der Waals surface area contributed by atoms with E-state index < -0.39 is 23.4 Å². The zero-order valence-electron chi connectivity index (χ0n) is 21.1. The van der Waals surface area contributed by atoms with Crippen LogP contribution in [0.15, 0.2) is 61.2 Å². The van der Waals surface area contributed by atoms with Gasteiger partial charge in [0.25, 0.3) is 0 Å². The summed E-state index contributed by atoms with van der Waals surface area (Å²) in [5.41, 5.74) is 1.60. The summed E-state index contributed by atoms with van der Waals surface area (Å²) in [5.74, 6) is -0.149. The van der Waals surface area contributed by atoms with Crippen molar-refractivity contribution in [2.45, 2.75) is 64.2 Å². The molecule has 4 rings (SSSR count). The van der Waals surface area contributed by atoms with E-state index in [0.29, 0.717) is 11.5 Å². The Kier molecular flexibility index (Phi) is 8.95. The summed E-state index contributed by atoms with van der Waals surface area (Å²) in [4.78, 5) is 12.6. The van der Waals surface area contributed by atoms with Crippen LogP contribution in [0.5, 0.6) is 11.5 Å². The number of allylic oxidation sites excluding steroid dienone is 2. The minimum atomic E-state index is -0.914. The van der Waals surface area contributed by atoms with Crippen LogP contribution < -0.4 is 9.47 Å². The number of halogens is 2. The van der Waals surface area contributed by atoms with E-state index in [2.05, 4.69) is 6.58 Å². The van der Waals surface area contributed by atoms with Gasteiger partial charge in [-0.25, -0.2) is 13.6 Å². The van der Waals surface area contributed by atoms with Crippen LogP contribution in [0.25, 0.3) is 0 Å². The summed E-state index contributed by atoms with van der Waals surface area (Å²) < 4.78 is 38.9. The van der Waals surface area contributed by atoms with Gasteiger partial charge in [-0.3, -0.25) is 0 Å². The molecule has 0 radical (unpaired) electrons. The maximum atomic E-state index is 14.3. The fourth-order valence-electron chi connectivity index (χ4n) is 5.92. The van der Waals surface area contributed by atoms with Gasteiger partial charge >= 0.3 is 5.97 Å². The zero-order valence-corrected chi connectivity index (χ0v) is 21.1. The van der Waals surface area contributed by atoms with E-state index in [1.165, 1.54) is 50.5 Å². The van der Waals surface area contributed by atoms with Crippen molar-refractivity contribution in [2.75, 3.05) is 6.61 Å². The highest BCUT2D eigenvalue weighted by molar-refractivity contribution is 5.91. The molecule has 2 aliphatic carbocycles. The number of benzene rings is 2. The maximum Gasteiger partial charge on any atom is 0.343 e. The van der Waals surface area contributed by atoms with Crippen molar-refractivity contribution in [3.05, 3.63) is 84.0 Å². The lowest BCUT2D eigenvalue weighted by Gasteiger charge is -2.42. The number of carbonyl (C=O) groups is 1. The van der Waals surface area contributed by atoms with Gasteiger partial charge in [0, 0.05) is 12.1 Å². The molecule has 2 fully saturated rings. The van der Waals surface area contributed by atoms with Gasteiger partial charge in [-0.05, 0) is 93.2 Å². The summed E-state index contributed by atoms with van der Waals surface area (Å²) in [7, 11) is 0. The molecular formula is C31H36F2O3. The monoisotopic (exact) mass is 494 g/mol. The molecule has 0 saturated heterocycles. The average Bonchev–Trinajstić information content (AvgIpc) is 2.88. The molecule has 0 aliphatic heterocycles. The van der Waals surface area contributed by atoms with E-state index in [1.54, 1.807) is 31.2 Å². The number of hydrogen-bond donors (Lipinski definition) is 0. The van der Waals surface area contributed by atoms with Gasteiger partial charge in [0.15, 0.2) is 17.4 Å². The molecule has 0 bridgehead atoms. The third-order valence-electron chi connectivity index (χ3n) is 7.86. The molecule has 0 N–H and O–H groups in total. The molecule has 2 aliphatic rings.